The molecule has 0 aliphatic heterocycles. The monoisotopic (exact) mass is 260 g/mol. The van der Waals surface area contributed by atoms with E-state index in [9.17, 15) is 4.79 Å². The first-order valence-corrected chi connectivity index (χ1v) is 6.09. The molecule has 0 unspecified atom stereocenters. The van der Waals surface area contributed by atoms with E-state index < -0.39 is 0 Å². The van der Waals surface area contributed by atoms with E-state index in [1.807, 2.05) is 26.0 Å². The zero-order valence-electron chi connectivity index (χ0n) is 11.2. The molecule has 0 saturated heterocycles. The van der Waals surface area contributed by atoms with E-state index in [2.05, 4.69) is 10.5 Å². The van der Waals surface area contributed by atoms with Gasteiger partial charge in [-0.2, -0.15) is 5.10 Å². The van der Waals surface area contributed by atoms with Crippen molar-refractivity contribution in [2.75, 3.05) is 0 Å². The summed E-state index contributed by atoms with van der Waals surface area (Å²) in [5, 5.41) is 4.10. The van der Waals surface area contributed by atoms with Crippen LogP contribution in [-0.4, -0.2) is 11.6 Å². The van der Waals surface area contributed by atoms with Gasteiger partial charge >= 0.3 is 0 Å². The third kappa shape index (κ3) is 2.93. The Morgan fingerprint density at radius 3 is 2.63 bits per heavy atom. The minimum atomic E-state index is -0.291. The third-order valence-corrected chi connectivity index (χ3v) is 2.76. The smallest absolute Gasteiger partial charge is 0.274 e. The van der Waals surface area contributed by atoms with Gasteiger partial charge in [-0.25, -0.2) is 5.43 Å². The summed E-state index contributed by atoms with van der Waals surface area (Å²) in [4.78, 5) is 11.9. The standard InChI is InChI=1S/C14H16N2O3/c1-4-12(13-6-5-9(2)19-13)15-16-14(17)11-7-8-18-10(11)3/h5-8H,4H2,1-3H3,(H,16,17). The van der Waals surface area contributed by atoms with Crippen LogP contribution in [0.1, 0.15) is 41.0 Å². The van der Waals surface area contributed by atoms with Gasteiger partial charge in [0.25, 0.3) is 5.91 Å². The molecule has 2 aromatic heterocycles. The van der Waals surface area contributed by atoms with Crippen molar-refractivity contribution in [2.45, 2.75) is 27.2 Å². The number of hydrogen-bond donors (Lipinski definition) is 1. The molecule has 2 aromatic rings. The van der Waals surface area contributed by atoms with Crippen LogP contribution in [0, 0.1) is 13.8 Å². The van der Waals surface area contributed by atoms with E-state index in [0.29, 0.717) is 29.2 Å². The van der Waals surface area contributed by atoms with Gasteiger partial charge in [0, 0.05) is 0 Å². The summed E-state index contributed by atoms with van der Waals surface area (Å²) in [6.45, 7) is 5.55. The number of hydrazone groups is 1. The lowest BCUT2D eigenvalue weighted by Crippen LogP contribution is -2.20. The first kappa shape index (κ1) is 13.1. The molecule has 1 N–H and O–H groups in total. The van der Waals surface area contributed by atoms with E-state index >= 15 is 0 Å². The molecule has 0 saturated carbocycles. The minimum Gasteiger partial charge on any atom is -0.469 e. The molecular weight excluding hydrogens is 244 g/mol. The van der Waals surface area contributed by atoms with Gasteiger partial charge in [-0.15, -0.1) is 0 Å². The molecule has 1 amide bonds. The Bertz CT molecular complexity index is 608. The zero-order valence-corrected chi connectivity index (χ0v) is 11.2. The van der Waals surface area contributed by atoms with Crippen molar-refractivity contribution in [3.05, 3.63) is 47.3 Å². The summed E-state index contributed by atoms with van der Waals surface area (Å²) < 4.78 is 10.6. The van der Waals surface area contributed by atoms with E-state index in [1.54, 1.807) is 13.0 Å². The molecule has 0 radical (unpaired) electrons. The molecule has 0 bridgehead atoms. The van der Waals surface area contributed by atoms with Crippen LogP contribution in [-0.2, 0) is 0 Å². The maximum absolute atomic E-state index is 11.9. The van der Waals surface area contributed by atoms with Gasteiger partial charge in [-0.05, 0) is 38.5 Å². The Kier molecular flexibility index (Phi) is 3.85. The van der Waals surface area contributed by atoms with Crippen LogP contribution in [0.3, 0.4) is 0 Å². The van der Waals surface area contributed by atoms with Crippen molar-refractivity contribution >= 4 is 11.6 Å². The average Bonchev–Trinajstić information content (AvgIpc) is 2.99. The normalized spacial score (nSPS) is 11.6. The third-order valence-electron chi connectivity index (χ3n) is 2.76. The van der Waals surface area contributed by atoms with Gasteiger partial charge in [0.1, 0.15) is 23.0 Å². The van der Waals surface area contributed by atoms with Crippen LogP contribution in [0.15, 0.2) is 38.4 Å². The fourth-order valence-electron chi connectivity index (χ4n) is 1.70. The predicted molar refractivity (Wildman–Crippen MR) is 71.2 cm³/mol. The van der Waals surface area contributed by atoms with Crippen LogP contribution in [0.5, 0.6) is 0 Å². The lowest BCUT2D eigenvalue weighted by Gasteiger charge is -2.02. The summed E-state index contributed by atoms with van der Waals surface area (Å²) in [5.74, 6) is 1.76. The number of hydrogen-bond acceptors (Lipinski definition) is 4. The van der Waals surface area contributed by atoms with Gasteiger partial charge in [0.15, 0.2) is 0 Å². The summed E-state index contributed by atoms with van der Waals surface area (Å²) in [5.41, 5.74) is 3.69. The molecule has 5 nitrogen and oxygen atoms in total. The lowest BCUT2D eigenvalue weighted by atomic mass is 10.2. The number of carbonyl (C=O) groups excluding carboxylic acids is 1. The number of aryl methyl sites for hydroxylation is 2. The molecule has 0 aromatic carbocycles. The highest BCUT2D eigenvalue weighted by Crippen LogP contribution is 2.11. The Balaban J connectivity index is 2.12. The van der Waals surface area contributed by atoms with Gasteiger partial charge < -0.3 is 8.83 Å². The van der Waals surface area contributed by atoms with Crippen molar-refractivity contribution in [3.63, 3.8) is 0 Å². The molecule has 0 aliphatic rings. The first-order valence-electron chi connectivity index (χ1n) is 6.09. The van der Waals surface area contributed by atoms with Gasteiger partial charge in [-0.3, -0.25) is 4.79 Å². The number of carbonyl (C=O) groups is 1. The SMILES string of the molecule is CCC(=NNC(=O)c1ccoc1C)c1ccc(C)o1. The Hall–Kier alpha value is -2.30. The average molecular weight is 260 g/mol. The van der Waals surface area contributed by atoms with Gasteiger partial charge in [0.05, 0.1) is 11.8 Å². The molecule has 0 spiro atoms. The molecular formula is C14H16N2O3. The van der Waals surface area contributed by atoms with Crippen LogP contribution in [0.2, 0.25) is 0 Å². The van der Waals surface area contributed by atoms with E-state index in [0.717, 1.165) is 5.76 Å². The summed E-state index contributed by atoms with van der Waals surface area (Å²) >= 11 is 0. The van der Waals surface area contributed by atoms with Crippen molar-refractivity contribution in [1.29, 1.82) is 0 Å². The minimum absolute atomic E-state index is 0.291. The molecule has 0 aliphatic carbocycles. The lowest BCUT2D eigenvalue weighted by molar-refractivity contribution is 0.0953. The second-order valence-electron chi connectivity index (χ2n) is 4.15. The predicted octanol–water partition coefficient (Wildman–Crippen LogP) is 3.03. The highest BCUT2D eigenvalue weighted by Gasteiger charge is 2.12. The molecule has 2 heterocycles. The highest BCUT2D eigenvalue weighted by molar-refractivity contribution is 6.00. The van der Waals surface area contributed by atoms with Crippen molar-refractivity contribution < 1.29 is 13.6 Å². The highest BCUT2D eigenvalue weighted by atomic mass is 16.3. The largest absolute Gasteiger partial charge is 0.469 e. The van der Waals surface area contributed by atoms with E-state index in [-0.39, 0.29) is 5.91 Å². The summed E-state index contributed by atoms with van der Waals surface area (Å²) in [7, 11) is 0. The molecule has 5 heteroatoms. The summed E-state index contributed by atoms with van der Waals surface area (Å²) in [6.07, 6.45) is 2.14. The second-order valence-corrected chi connectivity index (χ2v) is 4.15. The molecule has 2 rings (SSSR count). The second kappa shape index (κ2) is 5.56. The van der Waals surface area contributed by atoms with Crippen LogP contribution in [0.4, 0.5) is 0 Å². The van der Waals surface area contributed by atoms with Gasteiger partial charge in [-0.1, -0.05) is 6.92 Å². The zero-order chi connectivity index (χ0) is 13.8. The van der Waals surface area contributed by atoms with E-state index in [1.165, 1.54) is 6.26 Å². The molecule has 0 atom stereocenters. The number of furan rings is 2. The quantitative estimate of drug-likeness (QED) is 0.678. The van der Waals surface area contributed by atoms with E-state index in [4.69, 9.17) is 8.83 Å². The Morgan fingerprint density at radius 1 is 1.32 bits per heavy atom. The van der Waals surface area contributed by atoms with Crippen LogP contribution in [0.25, 0.3) is 0 Å². The number of nitrogens with zero attached hydrogens (tertiary/aromatic N) is 1. The number of nitrogens with one attached hydrogen (secondary N) is 1. The number of rotatable bonds is 4. The van der Waals surface area contributed by atoms with Crippen molar-refractivity contribution in [2.24, 2.45) is 5.10 Å². The van der Waals surface area contributed by atoms with Crippen LogP contribution < -0.4 is 5.43 Å². The topological polar surface area (TPSA) is 67.7 Å². The number of amides is 1. The fraction of sp³-hybridized carbons (Fsp3) is 0.286. The summed E-state index contributed by atoms with van der Waals surface area (Å²) in [6, 6.07) is 5.32. The van der Waals surface area contributed by atoms with Crippen molar-refractivity contribution in [3.8, 4) is 0 Å². The maximum Gasteiger partial charge on any atom is 0.274 e. The maximum atomic E-state index is 11.9. The molecule has 19 heavy (non-hydrogen) atoms. The first-order chi connectivity index (χ1) is 9.11. The van der Waals surface area contributed by atoms with Crippen molar-refractivity contribution in [1.82, 2.24) is 5.43 Å². The molecule has 100 valence electrons. The Labute approximate surface area is 111 Å². The Morgan fingerprint density at radius 2 is 2.11 bits per heavy atom. The van der Waals surface area contributed by atoms with Gasteiger partial charge in [0.2, 0.25) is 0 Å². The molecule has 0 fully saturated rings. The van der Waals surface area contributed by atoms with Crippen LogP contribution >= 0.6 is 0 Å². The fourth-order valence-corrected chi connectivity index (χ4v) is 1.70.